The van der Waals surface area contributed by atoms with Gasteiger partial charge in [0.05, 0.1) is 22.7 Å². The minimum atomic E-state index is -4.39. The van der Waals surface area contributed by atoms with E-state index in [4.69, 9.17) is 12.2 Å². The van der Waals surface area contributed by atoms with Gasteiger partial charge >= 0.3 is 12.3 Å². The number of thiocarbonyl (C=S) groups is 1. The number of nitro groups is 1. The summed E-state index contributed by atoms with van der Waals surface area (Å²) < 4.78 is 55.3. The summed E-state index contributed by atoms with van der Waals surface area (Å²) >= 11 is 5.17. The minimum absolute atomic E-state index is 0.0762. The monoisotopic (exact) mass is 431 g/mol. The van der Waals surface area contributed by atoms with E-state index >= 15 is 0 Å². The summed E-state index contributed by atoms with van der Waals surface area (Å²) in [5, 5.41) is 16.9. The van der Waals surface area contributed by atoms with E-state index < -0.39 is 29.6 Å². The van der Waals surface area contributed by atoms with Crippen molar-refractivity contribution in [2.75, 3.05) is 11.9 Å². The number of benzene rings is 2. The number of alkyl halides is 4. The molecule has 0 spiro atoms. The van der Waals surface area contributed by atoms with E-state index in [2.05, 4.69) is 15.4 Å². The highest BCUT2D eigenvalue weighted by molar-refractivity contribution is 7.80. The number of ether oxygens (including phenoxy) is 1. The first-order valence-corrected chi connectivity index (χ1v) is 8.70. The minimum Gasteiger partial charge on any atom is -0.487 e. The van der Waals surface area contributed by atoms with Crippen LogP contribution in [0.5, 0.6) is 5.75 Å². The maximum absolute atomic E-state index is 13.1. The van der Waals surface area contributed by atoms with Crippen LogP contribution in [0, 0.1) is 10.1 Å². The van der Waals surface area contributed by atoms with Crippen LogP contribution in [0.3, 0.4) is 0 Å². The molecule has 0 saturated heterocycles. The number of hydrogen-bond donors (Lipinski definition) is 2. The average Bonchev–Trinajstić information content (AvgIpc) is 2.66. The van der Waals surface area contributed by atoms with Crippen LogP contribution in [0.1, 0.15) is 18.5 Å². The van der Waals surface area contributed by atoms with Gasteiger partial charge in [0.15, 0.2) is 11.7 Å². The van der Waals surface area contributed by atoms with Crippen LogP contribution in [0.4, 0.5) is 28.9 Å². The van der Waals surface area contributed by atoms with Crippen molar-refractivity contribution in [2.24, 2.45) is 0 Å². The van der Waals surface area contributed by atoms with Gasteiger partial charge in [-0.15, -0.1) is 0 Å². The second kappa shape index (κ2) is 9.50. The molecule has 2 N–H and O–H groups in total. The molecule has 2 rings (SSSR count). The molecule has 0 heterocycles. The van der Waals surface area contributed by atoms with Gasteiger partial charge in [-0.2, -0.15) is 8.78 Å². The Balaban J connectivity index is 2.11. The maximum atomic E-state index is 13.1. The molecule has 0 aliphatic rings. The van der Waals surface area contributed by atoms with Crippen LogP contribution in [0.15, 0.2) is 48.5 Å². The highest BCUT2D eigenvalue weighted by Crippen LogP contribution is 2.29. The number of nitrogens with one attached hydrogen (secondary N) is 2. The van der Waals surface area contributed by atoms with E-state index in [0.29, 0.717) is 0 Å². The van der Waals surface area contributed by atoms with Crippen molar-refractivity contribution in [1.82, 2.24) is 5.32 Å². The molecule has 1 unspecified atom stereocenters. The molecule has 156 valence electrons. The summed E-state index contributed by atoms with van der Waals surface area (Å²) in [5.74, 6) is -4.76. The van der Waals surface area contributed by atoms with Gasteiger partial charge in [0.25, 0.3) is 5.69 Å². The van der Waals surface area contributed by atoms with Gasteiger partial charge in [0.1, 0.15) is 5.75 Å². The summed E-state index contributed by atoms with van der Waals surface area (Å²) in [7, 11) is 0. The number of hydrogen-bond acceptors (Lipinski definition) is 4. The molecule has 0 amide bonds. The Labute approximate surface area is 169 Å². The first-order valence-electron chi connectivity index (χ1n) is 8.29. The SMILES string of the molecule is CC(NC(=S)Nc1cc(OCC(F)(F)C(F)F)cc([N+](=O)[O-])c1)c1ccccc1. The van der Waals surface area contributed by atoms with Crippen molar-refractivity contribution in [2.45, 2.75) is 25.3 Å². The lowest BCUT2D eigenvalue weighted by molar-refractivity contribution is -0.384. The molecule has 2 aromatic carbocycles. The van der Waals surface area contributed by atoms with Gasteiger partial charge in [-0.1, -0.05) is 30.3 Å². The van der Waals surface area contributed by atoms with Gasteiger partial charge in [-0.3, -0.25) is 10.1 Å². The Morgan fingerprint density at radius 1 is 1.24 bits per heavy atom. The van der Waals surface area contributed by atoms with Crippen LogP contribution in [0.25, 0.3) is 0 Å². The third-order valence-electron chi connectivity index (χ3n) is 3.76. The van der Waals surface area contributed by atoms with Gasteiger partial charge in [-0.05, 0) is 24.7 Å². The highest BCUT2D eigenvalue weighted by Gasteiger charge is 2.41. The van der Waals surface area contributed by atoms with Crippen LogP contribution in [-0.4, -0.2) is 29.0 Å². The van der Waals surface area contributed by atoms with Crippen LogP contribution in [0.2, 0.25) is 0 Å². The van der Waals surface area contributed by atoms with Gasteiger partial charge in [0, 0.05) is 12.1 Å². The first-order chi connectivity index (χ1) is 13.6. The van der Waals surface area contributed by atoms with Crippen molar-refractivity contribution in [3.63, 3.8) is 0 Å². The molecule has 29 heavy (non-hydrogen) atoms. The fourth-order valence-corrected chi connectivity index (χ4v) is 2.57. The molecule has 0 fully saturated rings. The Hall–Kier alpha value is -2.95. The molecule has 0 bridgehead atoms. The number of anilines is 1. The molecule has 0 radical (unpaired) electrons. The van der Waals surface area contributed by atoms with Crippen molar-refractivity contribution in [3.8, 4) is 5.75 Å². The Bertz CT molecular complexity index is 869. The molecule has 11 heteroatoms. The van der Waals surface area contributed by atoms with E-state index in [1.807, 2.05) is 37.3 Å². The zero-order chi connectivity index (χ0) is 21.6. The normalized spacial score (nSPS) is 12.3. The summed E-state index contributed by atoms with van der Waals surface area (Å²) in [6.07, 6.45) is -3.92. The summed E-state index contributed by atoms with van der Waals surface area (Å²) in [6.45, 7) is 0.219. The van der Waals surface area contributed by atoms with Crippen molar-refractivity contribution >= 4 is 28.7 Å². The van der Waals surface area contributed by atoms with Crippen molar-refractivity contribution in [3.05, 3.63) is 64.2 Å². The molecule has 0 aliphatic heterocycles. The lowest BCUT2D eigenvalue weighted by Gasteiger charge is -2.18. The lowest BCUT2D eigenvalue weighted by Crippen LogP contribution is -2.33. The molecule has 2 aromatic rings. The molecule has 1 atom stereocenters. The van der Waals surface area contributed by atoms with E-state index in [-0.39, 0.29) is 22.6 Å². The van der Waals surface area contributed by atoms with Gasteiger partial charge in [-0.25, -0.2) is 8.78 Å². The van der Waals surface area contributed by atoms with Crippen LogP contribution in [-0.2, 0) is 0 Å². The first kappa shape index (κ1) is 22.3. The molecule has 0 aliphatic carbocycles. The van der Waals surface area contributed by atoms with Gasteiger partial charge in [0.2, 0.25) is 0 Å². The predicted octanol–water partition coefficient (Wildman–Crippen LogP) is 4.92. The molecular formula is C18H17F4N3O3S. The second-order valence-corrected chi connectivity index (χ2v) is 6.46. The predicted molar refractivity (Wildman–Crippen MR) is 104 cm³/mol. The largest absolute Gasteiger partial charge is 0.487 e. The summed E-state index contributed by atoms with van der Waals surface area (Å²) in [6, 6.07) is 12.2. The van der Waals surface area contributed by atoms with E-state index in [9.17, 15) is 27.7 Å². The topological polar surface area (TPSA) is 76.4 Å². The number of halogens is 4. The standard InChI is InChI=1S/C18H17F4N3O3S/c1-11(12-5-3-2-4-6-12)23-17(29)24-13-7-14(25(26)27)9-15(8-13)28-10-18(21,22)16(19)20/h2-9,11,16H,10H2,1H3,(H2,23,24,29). The van der Waals surface area contributed by atoms with Gasteiger partial charge < -0.3 is 15.4 Å². The smallest absolute Gasteiger partial charge is 0.340 e. The van der Waals surface area contributed by atoms with E-state index in [1.165, 1.54) is 0 Å². The zero-order valence-corrected chi connectivity index (χ0v) is 15.9. The van der Waals surface area contributed by atoms with E-state index in [1.54, 1.807) is 0 Å². The Kier molecular flexibility index (Phi) is 7.32. The molecular weight excluding hydrogens is 414 g/mol. The Morgan fingerprint density at radius 3 is 2.48 bits per heavy atom. The van der Waals surface area contributed by atoms with Crippen molar-refractivity contribution < 1.29 is 27.2 Å². The fraction of sp³-hybridized carbons (Fsp3) is 0.278. The quantitative estimate of drug-likeness (QED) is 0.267. The third-order valence-corrected chi connectivity index (χ3v) is 3.98. The van der Waals surface area contributed by atoms with Crippen LogP contribution < -0.4 is 15.4 Å². The second-order valence-electron chi connectivity index (χ2n) is 6.05. The molecule has 6 nitrogen and oxygen atoms in total. The zero-order valence-electron chi connectivity index (χ0n) is 15.1. The molecule has 0 saturated carbocycles. The highest BCUT2D eigenvalue weighted by atomic mass is 32.1. The van der Waals surface area contributed by atoms with Crippen LogP contribution >= 0.6 is 12.2 Å². The van der Waals surface area contributed by atoms with E-state index in [0.717, 1.165) is 23.8 Å². The Morgan fingerprint density at radius 2 is 1.90 bits per heavy atom. The molecule has 0 aromatic heterocycles. The maximum Gasteiger partial charge on any atom is 0.340 e. The average molecular weight is 431 g/mol. The van der Waals surface area contributed by atoms with Crippen molar-refractivity contribution in [1.29, 1.82) is 0 Å². The summed E-state index contributed by atoms with van der Waals surface area (Å²) in [5.41, 5.74) is 0.533. The number of rotatable bonds is 8. The summed E-state index contributed by atoms with van der Waals surface area (Å²) in [4.78, 5) is 10.3. The third kappa shape index (κ3) is 6.56. The lowest BCUT2D eigenvalue weighted by atomic mass is 10.1. The number of nitrogens with zero attached hydrogens (tertiary/aromatic N) is 1. The number of nitro benzene ring substituents is 1. The fourth-order valence-electron chi connectivity index (χ4n) is 2.28. The number of non-ortho nitro benzene ring substituents is 1.